The molecule has 2 rings (SSSR count). The smallest absolute Gasteiger partial charge is 0.119 e. The van der Waals surface area contributed by atoms with Crippen LogP contribution in [0.5, 0.6) is 5.75 Å². The molecule has 120 valence electrons. The van der Waals surface area contributed by atoms with E-state index in [2.05, 4.69) is 0 Å². The lowest BCUT2D eigenvalue weighted by Crippen LogP contribution is -2.34. The molecule has 1 aromatic carbocycles. The van der Waals surface area contributed by atoms with Gasteiger partial charge in [0.25, 0.3) is 0 Å². The Balaban J connectivity index is 0.00000220. The Kier molecular flexibility index (Phi) is 7.50. The zero-order chi connectivity index (χ0) is 14.5. The van der Waals surface area contributed by atoms with Crippen LogP contribution in [0.3, 0.4) is 0 Å². The molecule has 0 saturated heterocycles. The maximum absolute atomic E-state index is 10.5. The third-order valence-electron chi connectivity index (χ3n) is 4.14. The average molecular weight is 314 g/mol. The predicted molar refractivity (Wildman–Crippen MR) is 89.0 cm³/mol. The van der Waals surface area contributed by atoms with Gasteiger partial charge >= 0.3 is 0 Å². The van der Waals surface area contributed by atoms with E-state index in [1.165, 1.54) is 19.3 Å². The van der Waals surface area contributed by atoms with E-state index in [4.69, 9.17) is 10.5 Å². The van der Waals surface area contributed by atoms with Crippen LogP contribution in [-0.2, 0) is 0 Å². The van der Waals surface area contributed by atoms with Crippen LogP contribution in [0.15, 0.2) is 24.3 Å². The van der Waals surface area contributed by atoms with Gasteiger partial charge in [0, 0.05) is 0 Å². The second-order valence-corrected chi connectivity index (χ2v) is 6.15. The molecule has 3 nitrogen and oxygen atoms in total. The molecule has 2 atom stereocenters. The number of nitrogens with two attached hydrogens (primary N) is 1. The van der Waals surface area contributed by atoms with Crippen molar-refractivity contribution in [1.82, 2.24) is 0 Å². The first-order chi connectivity index (χ1) is 9.58. The van der Waals surface area contributed by atoms with E-state index in [0.717, 1.165) is 24.2 Å². The van der Waals surface area contributed by atoms with Gasteiger partial charge in [0.15, 0.2) is 0 Å². The summed E-state index contributed by atoms with van der Waals surface area (Å²) >= 11 is 0. The van der Waals surface area contributed by atoms with Gasteiger partial charge in [-0.15, -0.1) is 12.4 Å². The molecule has 0 aliphatic heterocycles. The van der Waals surface area contributed by atoms with Crippen molar-refractivity contribution in [3.05, 3.63) is 29.8 Å². The number of benzene rings is 1. The highest BCUT2D eigenvalue weighted by molar-refractivity contribution is 5.85. The largest absolute Gasteiger partial charge is 0.491 e. The molecule has 0 spiro atoms. The topological polar surface area (TPSA) is 55.5 Å². The summed E-state index contributed by atoms with van der Waals surface area (Å²) in [6.07, 6.45) is 5.66. The number of halogens is 1. The van der Waals surface area contributed by atoms with Crippen molar-refractivity contribution in [3.8, 4) is 5.75 Å². The third kappa shape index (κ3) is 5.17. The molecule has 3 N–H and O–H groups in total. The number of aliphatic hydroxyl groups is 1. The van der Waals surface area contributed by atoms with Crippen molar-refractivity contribution in [3.63, 3.8) is 0 Å². The number of hydrogen-bond donors (Lipinski definition) is 2. The van der Waals surface area contributed by atoms with Gasteiger partial charge in [0.05, 0.1) is 18.2 Å². The Morgan fingerprint density at radius 3 is 2.19 bits per heavy atom. The lowest BCUT2D eigenvalue weighted by Gasteiger charge is -2.30. The van der Waals surface area contributed by atoms with Gasteiger partial charge < -0.3 is 15.6 Å². The van der Waals surface area contributed by atoms with Crippen LogP contribution in [0.1, 0.15) is 57.6 Å². The fourth-order valence-corrected chi connectivity index (χ4v) is 3.01. The summed E-state index contributed by atoms with van der Waals surface area (Å²) in [7, 11) is 0. The minimum atomic E-state index is -0.438. The van der Waals surface area contributed by atoms with Gasteiger partial charge in [-0.3, -0.25) is 0 Å². The average Bonchev–Trinajstić information content (AvgIpc) is 2.47. The van der Waals surface area contributed by atoms with Gasteiger partial charge in [0.2, 0.25) is 0 Å². The number of ether oxygens (including phenoxy) is 1. The molecule has 0 heterocycles. The van der Waals surface area contributed by atoms with Crippen LogP contribution in [0, 0.1) is 5.92 Å². The molecule has 1 saturated carbocycles. The van der Waals surface area contributed by atoms with Crippen molar-refractivity contribution in [2.45, 2.75) is 64.2 Å². The SMILES string of the molecule is CC(C)Oc1ccc([C@@H](N)[C@@H](O)C2CCCCC2)cc1.Cl. The maximum Gasteiger partial charge on any atom is 0.119 e. The quantitative estimate of drug-likeness (QED) is 0.868. The van der Waals surface area contributed by atoms with Gasteiger partial charge in [-0.1, -0.05) is 31.4 Å². The van der Waals surface area contributed by atoms with E-state index in [9.17, 15) is 5.11 Å². The molecular formula is C17H28ClNO2. The van der Waals surface area contributed by atoms with Gasteiger partial charge in [-0.25, -0.2) is 0 Å². The molecule has 0 unspecified atom stereocenters. The van der Waals surface area contributed by atoms with Crippen LogP contribution >= 0.6 is 12.4 Å². The lowest BCUT2D eigenvalue weighted by molar-refractivity contribution is 0.0618. The molecule has 4 heteroatoms. The van der Waals surface area contributed by atoms with Crippen molar-refractivity contribution in [1.29, 1.82) is 0 Å². The highest BCUT2D eigenvalue weighted by atomic mass is 35.5. The second kappa shape index (κ2) is 8.62. The zero-order valence-corrected chi connectivity index (χ0v) is 13.8. The zero-order valence-electron chi connectivity index (χ0n) is 13.0. The Bertz CT molecular complexity index is 402. The molecule has 0 radical (unpaired) electrons. The molecule has 0 aromatic heterocycles. The van der Waals surface area contributed by atoms with Crippen LogP contribution in [0.2, 0.25) is 0 Å². The third-order valence-corrected chi connectivity index (χ3v) is 4.14. The van der Waals surface area contributed by atoms with E-state index in [1.807, 2.05) is 38.1 Å². The summed E-state index contributed by atoms with van der Waals surface area (Å²) in [5, 5.41) is 10.5. The Morgan fingerprint density at radius 2 is 1.67 bits per heavy atom. The van der Waals surface area contributed by atoms with Crippen LogP contribution < -0.4 is 10.5 Å². The highest BCUT2D eigenvalue weighted by Gasteiger charge is 2.27. The summed E-state index contributed by atoms with van der Waals surface area (Å²) in [5.41, 5.74) is 7.22. The maximum atomic E-state index is 10.5. The Morgan fingerprint density at radius 1 is 1.10 bits per heavy atom. The molecule has 1 aromatic rings. The molecule has 0 bridgehead atoms. The normalized spacial score (nSPS) is 18.9. The molecule has 1 aliphatic carbocycles. The van der Waals surface area contributed by atoms with E-state index >= 15 is 0 Å². The minimum absolute atomic E-state index is 0. The first-order valence-corrected chi connectivity index (χ1v) is 7.78. The van der Waals surface area contributed by atoms with Crippen molar-refractivity contribution in [2.75, 3.05) is 0 Å². The summed E-state index contributed by atoms with van der Waals surface area (Å²) in [4.78, 5) is 0. The summed E-state index contributed by atoms with van der Waals surface area (Å²) < 4.78 is 5.62. The van der Waals surface area contributed by atoms with Crippen molar-refractivity contribution in [2.24, 2.45) is 11.7 Å². The van der Waals surface area contributed by atoms with Crippen molar-refractivity contribution < 1.29 is 9.84 Å². The van der Waals surface area contributed by atoms with Crippen LogP contribution in [0.4, 0.5) is 0 Å². The molecule has 0 amide bonds. The molecule has 1 fully saturated rings. The second-order valence-electron chi connectivity index (χ2n) is 6.15. The summed E-state index contributed by atoms with van der Waals surface area (Å²) in [5.74, 6) is 1.20. The molecule has 21 heavy (non-hydrogen) atoms. The fraction of sp³-hybridized carbons (Fsp3) is 0.647. The van der Waals surface area contributed by atoms with Gasteiger partial charge in [-0.2, -0.15) is 0 Å². The molecule has 1 aliphatic rings. The standard InChI is InChI=1S/C17H27NO2.ClH/c1-12(2)20-15-10-8-13(9-11-15)16(18)17(19)14-6-4-3-5-7-14;/h8-12,14,16-17,19H,3-7,18H2,1-2H3;1H/t16-,17+;/m1./s1. The first-order valence-electron chi connectivity index (χ1n) is 7.78. The summed E-state index contributed by atoms with van der Waals surface area (Å²) in [6, 6.07) is 7.50. The number of hydrogen-bond acceptors (Lipinski definition) is 3. The van der Waals surface area contributed by atoms with Gasteiger partial charge in [0.1, 0.15) is 5.75 Å². The fourth-order valence-electron chi connectivity index (χ4n) is 3.01. The lowest BCUT2D eigenvalue weighted by atomic mass is 9.81. The van der Waals surface area contributed by atoms with E-state index in [1.54, 1.807) is 0 Å². The van der Waals surface area contributed by atoms with Gasteiger partial charge in [-0.05, 0) is 50.3 Å². The minimum Gasteiger partial charge on any atom is -0.491 e. The van der Waals surface area contributed by atoms with Crippen LogP contribution in [0.25, 0.3) is 0 Å². The monoisotopic (exact) mass is 313 g/mol. The number of aliphatic hydroxyl groups excluding tert-OH is 1. The van der Waals surface area contributed by atoms with Crippen molar-refractivity contribution >= 4 is 12.4 Å². The first kappa shape index (κ1) is 18.3. The number of rotatable bonds is 5. The van der Waals surface area contributed by atoms with E-state index < -0.39 is 6.10 Å². The Hall–Kier alpha value is -0.770. The van der Waals surface area contributed by atoms with E-state index in [0.29, 0.717) is 5.92 Å². The van der Waals surface area contributed by atoms with Crippen LogP contribution in [-0.4, -0.2) is 17.3 Å². The van der Waals surface area contributed by atoms with E-state index in [-0.39, 0.29) is 24.6 Å². The molecular weight excluding hydrogens is 286 g/mol. The Labute approximate surface area is 134 Å². The summed E-state index contributed by atoms with van der Waals surface area (Å²) in [6.45, 7) is 4.01. The highest BCUT2D eigenvalue weighted by Crippen LogP contribution is 2.31. The predicted octanol–water partition coefficient (Wildman–Crippen LogP) is 3.84.